The molecule has 0 unspecified atom stereocenters. The van der Waals surface area contributed by atoms with E-state index >= 15 is 0 Å². The number of ether oxygens (including phenoxy) is 1. The van der Waals surface area contributed by atoms with E-state index in [1.165, 1.54) is 0 Å². The van der Waals surface area contributed by atoms with Crippen LogP contribution in [-0.2, 0) is 6.61 Å². The predicted octanol–water partition coefficient (Wildman–Crippen LogP) is 4.04. The molecule has 4 aromatic rings. The first-order valence-electron chi connectivity index (χ1n) is 8.44. The fraction of sp³-hybridized carbons (Fsp3) is 0.0455. The molecule has 130 valence electrons. The van der Waals surface area contributed by atoms with Crippen molar-refractivity contribution in [1.82, 2.24) is 9.97 Å². The van der Waals surface area contributed by atoms with Crippen molar-refractivity contribution in [2.24, 2.45) is 0 Å². The lowest BCUT2D eigenvalue weighted by molar-refractivity contribution is 0.302. The predicted molar refractivity (Wildman–Crippen MR) is 103 cm³/mol. The van der Waals surface area contributed by atoms with Crippen LogP contribution in [0.2, 0.25) is 0 Å². The SMILES string of the molecule is N#Cc1[nH]c(=O)c2ccc(OCc3ccccn3)cc2c1-c1ccccc1. The summed E-state index contributed by atoms with van der Waals surface area (Å²) in [4.78, 5) is 19.3. The number of nitrogens with zero attached hydrogens (tertiary/aromatic N) is 2. The zero-order valence-electron chi connectivity index (χ0n) is 14.3. The van der Waals surface area contributed by atoms with Crippen LogP contribution >= 0.6 is 0 Å². The van der Waals surface area contributed by atoms with Gasteiger partial charge in [0.1, 0.15) is 24.1 Å². The zero-order valence-corrected chi connectivity index (χ0v) is 14.3. The molecule has 0 aliphatic rings. The Hall–Kier alpha value is -3.91. The third kappa shape index (κ3) is 3.29. The van der Waals surface area contributed by atoms with Gasteiger partial charge in [-0.05, 0) is 35.9 Å². The van der Waals surface area contributed by atoms with Crippen molar-refractivity contribution in [1.29, 1.82) is 5.26 Å². The Bertz CT molecular complexity index is 1190. The number of benzene rings is 2. The van der Waals surface area contributed by atoms with Gasteiger partial charge in [-0.3, -0.25) is 9.78 Å². The second kappa shape index (κ2) is 7.14. The Morgan fingerprint density at radius 1 is 1.00 bits per heavy atom. The maximum atomic E-state index is 12.4. The van der Waals surface area contributed by atoms with Crippen LogP contribution < -0.4 is 10.3 Å². The second-order valence-corrected chi connectivity index (χ2v) is 6.00. The van der Waals surface area contributed by atoms with Crippen LogP contribution in [0.15, 0.2) is 77.7 Å². The lowest BCUT2D eigenvalue weighted by Gasteiger charge is -2.11. The molecule has 0 fully saturated rings. The van der Waals surface area contributed by atoms with Crippen molar-refractivity contribution >= 4 is 10.8 Å². The van der Waals surface area contributed by atoms with E-state index in [1.54, 1.807) is 24.4 Å². The van der Waals surface area contributed by atoms with Gasteiger partial charge in [-0.15, -0.1) is 0 Å². The number of fused-ring (bicyclic) bond motifs is 1. The lowest BCUT2D eigenvalue weighted by Crippen LogP contribution is -2.10. The van der Waals surface area contributed by atoms with Gasteiger partial charge >= 0.3 is 0 Å². The van der Waals surface area contributed by atoms with Crippen molar-refractivity contribution in [2.75, 3.05) is 0 Å². The third-order valence-corrected chi connectivity index (χ3v) is 4.28. The van der Waals surface area contributed by atoms with Crippen LogP contribution in [0, 0.1) is 11.3 Å². The van der Waals surface area contributed by atoms with Crippen LogP contribution in [0.1, 0.15) is 11.4 Å². The number of hydrogen-bond donors (Lipinski definition) is 1. The molecular weight excluding hydrogens is 338 g/mol. The molecule has 5 nitrogen and oxygen atoms in total. The Labute approximate surface area is 155 Å². The average molecular weight is 353 g/mol. The van der Waals surface area contributed by atoms with E-state index in [1.807, 2.05) is 48.5 Å². The van der Waals surface area contributed by atoms with E-state index in [-0.39, 0.29) is 11.3 Å². The van der Waals surface area contributed by atoms with Gasteiger partial charge in [0.25, 0.3) is 5.56 Å². The van der Waals surface area contributed by atoms with Gasteiger partial charge < -0.3 is 9.72 Å². The van der Waals surface area contributed by atoms with E-state index in [0.29, 0.717) is 28.7 Å². The first-order valence-corrected chi connectivity index (χ1v) is 8.44. The van der Waals surface area contributed by atoms with E-state index in [9.17, 15) is 10.1 Å². The smallest absolute Gasteiger partial charge is 0.256 e. The average Bonchev–Trinajstić information content (AvgIpc) is 2.73. The minimum Gasteiger partial charge on any atom is -0.487 e. The van der Waals surface area contributed by atoms with Gasteiger partial charge in [-0.1, -0.05) is 36.4 Å². The minimum absolute atomic E-state index is 0.237. The molecular formula is C22H15N3O2. The molecule has 4 rings (SSSR count). The molecule has 0 spiro atoms. The lowest BCUT2D eigenvalue weighted by atomic mass is 9.97. The van der Waals surface area contributed by atoms with E-state index in [4.69, 9.17) is 4.74 Å². The highest BCUT2D eigenvalue weighted by Gasteiger charge is 2.14. The number of nitrogens with one attached hydrogen (secondary N) is 1. The summed E-state index contributed by atoms with van der Waals surface area (Å²) in [7, 11) is 0. The summed E-state index contributed by atoms with van der Waals surface area (Å²) in [6.07, 6.45) is 1.71. The van der Waals surface area contributed by atoms with Crippen LogP contribution in [0.3, 0.4) is 0 Å². The highest BCUT2D eigenvalue weighted by molar-refractivity contribution is 5.98. The monoisotopic (exact) mass is 353 g/mol. The second-order valence-electron chi connectivity index (χ2n) is 6.00. The molecule has 0 bridgehead atoms. The Kier molecular flexibility index (Phi) is 4.38. The number of nitriles is 1. The summed E-state index contributed by atoms with van der Waals surface area (Å²) in [6.45, 7) is 0.321. The molecule has 5 heteroatoms. The molecule has 0 aliphatic heterocycles. The fourth-order valence-corrected chi connectivity index (χ4v) is 3.03. The summed E-state index contributed by atoms with van der Waals surface area (Å²) in [5.41, 5.74) is 2.30. The maximum absolute atomic E-state index is 12.4. The van der Waals surface area contributed by atoms with Crippen molar-refractivity contribution in [3.05, 3.63) is 94.7 Å². The highest BCUT2D eigenvalue weighted by atomic mass is 16.5. The van der Waals surface area contributed by atoms with Gasteiger partial charge in [0.05, 0.1) is 5.69 Å². The molecule has 0 radical (unpaired) electrons. The van der Waals surface area contributed by atoms with E-state index < -0.39 is 0 Å². The third-order valence-electron chi connectivity index (χ3n) is 4.28. The number of aromatic amines is 1. The van der Waals surface area contributed by atoms with Gasteiger partial charge in [0.2, 0.25) is 0 Å². The van der Waals surface area contributed by atoms with Crippen molar-refractivity contribution in [2.45, 2.75) is 6.61 Å². The van der Waals surface area contributed by atoms with Crippen molar-refractivity contribution < 1.29 is 4.74 Å². The van der Waals surface area contributed by atoms with Crippen LogP contribution in [0.5, 0.6) is 5.75 Å². The molecule has 0 saturated heterocycles. The molecule has 0 saturated carbocycles. The van der Waals surface area contributed by atoms with Crippen LogP contribution in [0.25, 0.3) is 21.9 Å². The van der Waals surface area contributed by atoms with E-state index in [0.717, 1.165) is 11.3 Å². The maximum Gasteiger partial charge on any atom is 0.256 e. The van der Waals surface area contributed by atoms with Gasteiger partial charge in [-0.25, -0.2) is 0 Å². The van der Waals surface area contributed by atoms with Gasteiger partial charge in [0.15, 0.2) is 0 Å². The largest absolute Gasteiger partial charge is 0.487 e. The quantitative estimate of drug-likeness (QED) is 0.600. The van der Waals surface area contributed by atoms with Crippen molar-refractivity contribution in [3.8, 4) is 22.9 Å². The Morgan fingerprint density at radius 2 is 1.81 bits per heavy atom. The molecule has 1 N–H and O–H groups in total. The normalized spacial score (nSPS) is 10.5. The van der Waals surface area contributed by atoms with E-state index in [2.05, 4.69) is 16.0 Å². The number of hydrogen-bond acceptors (Lipinski definition) is 4. The number of rotatable bonds is 4. The first-order chi connectivity index (χ1) is 13.3. The minimum atomic E-state index is -0.294. The standard InChI is InChI=1S/C22H15N3O2/c23-13-20-21(15-6-2-1-3-7-15)19-12-17(9-10-18(19)22(26)25-20)27-14-16-8-4-5-11-24-16/h1-12H,14H2,(H,25,26). The summed E-state index contributed by atoms with van der Waals surface area (Å²) in [6, 6.07) is 22.5. The highest BCUT2D eigenvalue weighted by Crippen LogP contribution is 2.31. The van der Waals surface area contributed by atoms with Crippen LogP contribution in [-0.4, -0.2) is 9.97 Å². The Balaban J connectivity index is 1.84. The number of aromatic nitrogens is 2. The molecule has 0 amide bonds. The molecule has 27 heavy (non-hydrogen) atoms. The first kappa shape index (κ1) is 16.6. The summed E-state index contributed by atoms with van der Waals surface area (Å²) in [5.74, 6) is 0.611. The topological polar surface area (TPSA) is 78.8 Å². The fourth-order valence-electron chi connectivity index (χ4n) is 3.03. The van der Waals surface area contributed by atoms with Gasteiger partial charge in [0, 0.05) is 22.5 Å². The summed E-state index contributed by atoms with van der Waals surface area (Å²) < 4.78 is 5.85. The zero-order chi connectivity index (χ0) is 18.6. The molecule has 0 aliphatic carbocycles. The number of H-pyrrole nitrogens is 1. The Morgan fingerprint density at radius 3 is 2.56 bits per heavy atom. The van der Waals surface area contributed by atoms with Gasteiger partial charge in [-0.2, -0.15) is 5.26 Å². The molecule has 2 aromatic heterocycles. The summed E-state index contributed by atoms with van der Waals surface area (Å²) >= 11 is 0. The molecule has 0 atom stereocenters. The molecule has 2 heterocycles. The number of pyridine rings is 2. The molecule has 2 aromatic carbocycles. The summed E-state index contributed by atoms with van der Waals surface area (Å²) in [5, 5.41) is 10.7. The van der Waals surface area contributed by atoms with Crippen LogP contribution in [0.4, 0.5) is 0 Å². The van der Waals surface area contributed by atoms with Crippen molar-refractivity contribution in [3.63, 3.8) is 0 Å².